The average Bonchev–Trinajstić information content (AvgIpc) is 2.60. The standard InChI is InChI=1S/C19H20F2N2O2/c20-15-9-14(10-16(21)11-15)13-25-18-7-4-8-23(12-18)19(24)22-17-5-2-1-3-6-17/h1-3,5-6,9-11,18H,4,7-8,12-13H2,(H,22,24)/t18-/m1/s1. The molecule has 2 aromatic rings. The molecule has 1 N–H and O–H groups in total. The van der Waals surface area contributed by atoms with Gasteiger partial charge in [-0.05, 0) is 42.7 Å². The maximum absolute atomic E-state index is 13.2. The lowest BCUT2D eigenvalue weighted by Crippen LogP contribution is -2.45. The Morgan fingerprint density at radius 1 is 1.16 bits per heavy atom. The molecule has 2 amide bonds. The van der Waals surface area contributed by atoms with E-state index in [9.17, 15) is 13.6 Å². The summed E-state index contributed by atoms with van der Waals surface area (Å²) in [7, 11) is 0. The monoisotopic (exact) mass is 346 g/mol. The van der Waals surface area contributed by atoms with Gasteiger partial charge < -0.3 is 15.0 Å². The van der Waals surface area contributed by atoms with Crippen LogP contribution in [0, 0.1) is 11.6 Å². The molecule has 0 unspecified atom stereocenters. The summed E-state index contributed by atoms with van der Waals surface area (Å²) in [6.45, 7) is 1.23. The predicted molar refractivity (Wildman–Crippen MR) is 91.2 cm³/mol. The second kappa shape index (κ2) is 8.07. The number of carbonyl (C=O) groups is 1. The Morgan fingerprint density at radius 3 is 2.60 bits per heavy atom. The van der Waals surface area contributed by atoms with Crippen LogP contribution >= 0.6 is 0 Å². The van der Waals surface area contributed by atoms with Crippen molar-refractivity contribution in [3.8, 4) is 0 Å². The zero-order valence-electron chi connectivity index (χ0n) is 13.8. The Balaban J connectivity index is 1.53. The predicted octanol–water partition coefficient (Wildman–Crippen LogP) is 4.18. The van der Waals surface area contributed by atoms with Crippen LogP contribution in [0.1, 0.15) is 18.4 Å². The summed E-state index contributed by atoms with van der Waals surface area (Å²) < 4.78 is 32.2. The summed E-state index contributed by atoms with van der Waals surface area (Å²) in [6, 6.07) is 12.4. The number of nitrogens with one attached hydrogen (secondary N) is 1. The molecule has 132 valence electrons. The molecule has 25 heavy (non-hydrogen) atoms. The van der Waals surface area contributed by atoms with Crippen LogP contribution in [0.4, 0.5) is 19.3 Å². The first-order valence-corrected chi connectivity index (χ1v) is 8.28. The number of hydrogen-bond donors (Lipinski definition) is 1. The molecule has 4 nitrogen and oxygen atoms in total. The number of urea groups is 1. The smallest absolute Gasteiger partial charge is 0.321 e. The number of rotatable bonds is 4. The molecular weight excluding hydrogens is 326 g/mol. The lowest BCUT2D eigenvalue weighted by atomic mass is 10.1. The van der Waals surface area contributed by atoms with Gasteiger partial charge >= 0.3 is 6.03 Å². The van der Waals surface area contributed by atoms with E-state index in [4.69, 9.17) is 4.74 Å². The number of para-hydroxylation sites is 1. The fraction of sp³-hybridized carbons (Fsp3) is 0.316. The van der Waals surface area contributed by atoms with Crippen molar-refractivity contribution in [3.63, 3.8) is 0 Å². The van der Waals surface area contributed by atoms with Crippen LogP contribution in [0.2, 0.25) is 0 Å². The van der Waals surface area contributed by atoms with E-state index in [1.807, 2.05) is 30.3 Å². The minimum atomic E-state index is -0.619. The van der Waals surface area contributed by atoms with Gasteiger partial charge in [0.15, 0.2) is 0 Å². The molecule has 1 aliphatic rings. The molecule has 1 aliphatic heterocycles. The normalized spacial score (nSPS) is 17.4. The zero-order chi connectivity index (χ0) is 17.6. The van der Waals surface area contributed by atoms with Gasteiger partial charge in [-0.25, -0.2) is 13.6 Å². The van der Waals surface area contributed by atoms with Crippen LogP contribution in [-0.4, -0.2) is 30.1 Å². The highest BCUT2D eigenvalue weighted by Gasteiger charge is 2.24. The Kier molecular flexibility index (Phi) is 5.60. The lowest BCUT2D eigenvalue weighted by molar-refractivity contribution is 0.000844. The maximum atomic E-state index is 13.2. The molecule has 1 saturated heterocycles. The summed E-state index contributed by atoms with van der Waals surface area (Å²) >= 11 is 0. The molecule has 0 bridgehead atoms. The number of piperidine rings is 1. The SMILES string of the molecule is O=C(Nc1ccccc1)N1CCC[C@@H](OCc2cc(F)cc(F)c2)C1. The van der Waals surface area contributed by atoms with Crippen LogP contribution in [0.15, 0.2) is 48.5 Å². The van der Waals surface area contributed by atoms with Gasteiger partial charge in [-0.3, -0.25) is 0 Å². The number of carbonyl (C=O) groups excluding carboxylic acids is 1. The van der Waals surface area contributed by atoms with Crippen molar-refractivity contribution in [1.82, 2.24) is 4.90 Å². The van der Waals surface area contributed by atoms with E-state index >= 15 is 0 Å². The van der Waals surface area contributed by atoms with E-state index < -0.39 is 11.6 Å². The number of benzene rings is 2. The van der Waals surface area contributed by atoms with Crippen molar-refractivity contribution in [1.29, 1.82) is 0 Å². The molecule has 1 atom stereocenters. The van der Waals surface area contributed by atoms with Crippen LogP contribution in [0.3, 0.4) is 0 Å². The molecule has 0 aromatic heterocycles. The first-order valence-electron chi connectivity index (χ1n) is 8.28. The Labute approximate surface area is 145 Å². The molecule has 0 saturated carbocycles. The quantitative estimate of drug-likeness (QED) is 0.902. The third kappa shape index (κ3) is 5.00. The third-order valence-corrected chi connectivity index (χ3v) is 4.10. The first kappa shape index (κ1) is 17.4. The molecule has 6 heteroatoms. The third-order valence-electron chi connectivity index (χ3n) is 4.10. The average molecular weight is 346 g/mol. The van der Waals surface area contributed by atoms with Crippen LogP contribution in [-0.2, 0) is 11.3 Å². The minimum absolute atomic E-state index is 0.119. The largest absolute Gasteiger partial charge is 0.372 e. The number of halogens is 2. The Bertz CT molecular complexity index is 704. The number of nitrogens with zero attached hydrogens (tertiary/aromatic N) is 1. The molecule has 0 radical (unpaired) electrons. The van der Waals surface area contributed by atoms with E-state index in [-0.39, 0.29) is 18.7 Å². The van der Waals surface area contributed by atoms with Crippen molar-refractivity contribution in [2.24, 2.45) is 0 Å². The lowest BCUT2D eigenvalue weighted by Gasteiger charge is -2.32. The van der Waals surface area contributed by atoms with Crippen LogP contribution in [0.5, 0.6) is 0 Å². The summed E-state index contributed by atoms with van der Waals surface area (Å²) in [6.07, 6.45) is 1.48. The van der Waals surface area contributed by atoms with Gasteiger partial charge in [-0.15, -0.1) is 0 Å². The maximum Gasteiger partial charge on any atom is 0.321 e. The number of likely N-dealkylation sites (tertiary alicyclic amines) is 1. The van der Waals surface area contributed by atoms with Crippen molar-refractivity contribution in [2.75, 3.05) is 18.4 Å². The Morgan fingerprint density at radius 2 is 1.88 bits per heavy atom. The van der Waals surface area contributed by atoms with Gasteiger partial charge in [0.1, 0.15) is 11.6 Å². The number of hydrogen-bond acceptors (Lipinski definition) is 2. The van der Waals surface area contributed by atoms with Gasteiger partial charge in [0.2, 0.25) is 0 Å². The highest BCUT2D eigenvalue weighted by molar-refractivity contribution is 5.89. The highest BCUT2D eigenvalue weighted by Crippen LogP contribution is 2.17. The second-order valence-corrected chi connectivity index (χ2v) is 6.10. The Hall–Kier alpha value is -2.47. The number of ether oxygens (including phenoxy) is 1. The summed E-state index contributed by atoms with van der Waals surface area (Å²) in [5.74, 6) is -1.24. The molecule has 1 fully saturated rings. The second-order valence-electron chi connectivity index (χ2n) is 6.10. The summed E-state index contributed by atoms with van der Waals surface area (Å²) in [4.78, 5) is 14.0. The van der Waals surface area contributed by atoms with Crippen LogP contribution in [0.25, 0.3) is 0 Å². The molecule has 3 rings (SSSR count). The van der Waals surface area contributed by atoms with Gasteiger partial charge in [-0.2, -0.15) is 0 Å². The summed E-state index contributed by atoms with van der Waals surface area (Å²) in [5, 5.41) is 2.85. The highest BCUT2D eigenvalue weighted by atomic mass is 19.1. The molecule has 1 heterocycles. The number of amides is 2. The fourth-order valence-electron chi connectivity index (χ4n) is 2.89. The van der Waals surface area contributed by atoms with Crippen molar-refractivity contribution < 1.29 is 18.3 Å². The molecule has 0 spiro atoms. The van der Waals surface area contributed by atoms with Gasteiger partial charge in [0, 0.05) is 24.8 Å². The fourth-order valence-corrected chi connectivity index (χ4v) is 2.89. The van der Waals surface area contributed by atoms with Crippen LogP contribution < -0.4 is 5.32 Å². The minimum Gasteiger partial charge on any atom is -0.372 e. The van der Waals surface area contributed by atoms with E-state index in [1.165, 1.54) is 12.1 Å². The van der Waals surface area contributed by atoms with Gasteiger partial charge in [0.25, 0.3) is 0 Å². The number of anilines is 1. The first-order chi connectivity index (χ1) is 12.1. The van der Waals surface area contributed by atoms with E-state index in [0.29, 0.717) is 18.7 Å². The summed E-state index contributed by atoms with van der Waals surface area (Å²) in [5.41, 5.74) is 1.19. The van der Waals surface area contributed by atoms with Gasteiger partial charge in [0.05, 0.1) is 12.7 Å². The zero-order valence-corrected chi connectivity index (χ0v) is 13.8. The molecular formula is C19H20F2N2O2. The van der Waals surface area contributed by atoms with E-state index in [2.05, 4.69) is 5.32 Å². The van der Waals surface area contributed by atoms with E-state index in [0.717, 1.165) is 24.6 Å². The van der Waals surface area contributed by atoms with Crippen molar-refractivity contribution in [3.05, 3.63) is 65.7 Å². The molecule has 0 aliphatic carbocycles. The van der Waals surface area contributed by atoms with Crippen molar-refractivity contribution >= 4 is 11.7 Å². The molecule has 2 aromatic carbocycles. The van der Waals surface area contributed by atoms with Crippen molar-refractivity contribution in [2.45, 2.75) is 25.6 Å². The topological polar surface area (TPSA) is 41.6 Å². The van der Waals surface area contributed by atoms with E-state index in [1.54, 1.807) is 4.90 Å². The van der Waals surface area contributed by atoms with Gasteiger partial charge in [-0.1, -0.05) is 18.2 Å².